The van der Waals surface area contributed by atoms with Crippen molar-refractivity contribution in [3.05, 3.63) is 58.1 Å². The highest BCUT2D eigenvalue weighted by Gasteiger charge is 2.46. The molecule has 0 aliphatic carbocycles. The van der Waals surface area contributed by atoms with Crippen molar-refractivity contribution < 1.29 is 22.7 Å². The summed E-state index contributed by atoms with van der Waals surface area (Å²) in [6, 6.07) is 11.1. The minimum atomic E-state index is -3.91. The van der Waals surface area contributed by atoms with E-state index < -0.39 is 26.5 Å². The molecule has 28 heavy (non-hydrogen) atoms. The number of esters is 1. The van der Waals surface area contributed by atoms with Crippen LogP contribution in [0, 0.1) is 0 Å². The zero-order valence-corrected chi connectivity index (χ0v) is 18.1. The molecule has 0 spiro atoms. The second-order valence-corrected chi connectivity index (χ2v) is 10.4. The van der Waals surface area contributed by atoms with Crippen LogP contribution in [0.4, 0.5) is 5.69 Å². The molecule has 1 aliphatic heterocycles. The average molecular weight is 466 g/mol. The predicted octanol–water partition coefficient (Wildman–Crippen LogP) is 3.38. The molecule has 6 nitrogen and oxygen atoms in total. The molecule has 3 rings (SSSR count). The molecule has 8 heteroatoms. The second kappa shape index (κ2) is 7.33. The van der Waals surface area contributed by atoms with Gasteiger partial charge in [-0.05, 0) is 68.3 Å². The van der Waals surface area contributed by atoms with E-state index in [1.54, 1.807) is 30.3 Å². The number of fused-ring (bicyclic) bond motifs is 1. The van der Waals surface area contributed by atoms with Crippen LogP contribution in [-0.4, -0.2) is 38.7 Å². The Morgan fingerprint density at radius 2 is 1.75 bits per heavy atom. The van der Waals surface area contributed by atoms with Crippen molar-refractivity contribution in [2.75, 3.05) is 18.6 Å². The van der Waals surface area contributed by atoms with Gasteiger partial charge in [-0.2, -0.15) is 0 Å². The summed E-state index contributed by atoms with van der Waals surface area (Å²) >= 11 is 3.28. The molecule has 1 amide bonds. The van der Waals surface area contributed by atoms with E-state index >= 15 is 0 Å². The summed E-state index contributed by atoms with van der Waals surface area (Å²) in [6.45, 7) is 3.21. The van der Waals surface area contributed by atoms with Crippen LogP contribution < -0.4 is 4.90 Å². The van der Waals surface area contributed by atoms with E-state index in [9.17, 15) is 18.0 Å². The van der Waals surface area contributed by atoms with Crippen molar-refractivity contribution in [3.63, 3.8) is 0 Å². The Balaban J connectivity index is 1.94. The molecular weight excluding hydrogens is 446 g/mol. The first kappa shape index (κ1) is 20.5. The number of nitrogens with zero attached hydrogens (tertiary/aromatic N) is 1. The number of hydrogen-bond acceptors (Lipinski definition) is 5. The summed E-state index contributed by atoms with van der Waals surface area (Å²) in [7, 11) is -2.60. The number of benzene rings is 2. The van der Waals surface area contributed by atoms with Crippen molar-refractivity contribution in [2.45, 2.75) is 29.9 Å². The van der Waals surface area contributed by atoms with Gasteiger partial charge in [-0.1, -0.05) is 15.9 Å². The quantitative estimate of drug-likeness (QED) is 0.646. The van der Waals surface area contributed by atoms with Gasteiger partial charge in [-0.25, -0.2) is 13.2 Å². The zero-order valence-electron chi connectivity index (χ0n) is 15.7. The Morgan fingerprint density at radius 1 is 1.11 bits per heavy atom. The van der Waals surface area contributed by atoms with Crippen molar-refractivity contribution >= 4 is 43.3 Å². The summed E-state index contributed by atoms with van der Waals surface area (Å²) < 4.78 is 30.1. The van der Waals surface area contributed by atoms with Gasteiger partial charge in [-0.3, -0.25) is 4.79 Å². The molecule has 2 aromatic rings. The van der Waals surface area contributed by atoms with Crippen LogP contribution in [0.25, 0.3) is 0 Å². The third-order valence-corrected chi connectivity index (χ3v) is 7.89. The molecule has 0 N–H and O–H groups in total. The Bertz CT molecular complexity index is 1040. The van der Waals surface area contributed by atoms with Gasteiger partial charge >= 0.3 is 5.97 Å². The number of methoxy groups -OCH3 is 1. The highest BCUT2D eigenvalue weighted by molar-refractivity contribution is 9.10. The van der Waals surface area contributed by atoms with Crippen LogP contribution in [0.3, 0.4) is 0 Å². The van der Waals surface area contributed by atoms with Crippen LogP contribution in [-0.2, 0) is 25.8 Å². The monoisotopic (exact) mass is 465 g/mol. The molecule has 0 saturated heterocycles. The number of carbonyl (C=O) groups excluding carboxylic acids is 2. The van der Waals surface area contributed by atoms with Gasteiger partial charge in [-0.15, -0.1) is 0 Å². The number of carbonyl (C=O) groups is 2. The van der Waals surface area contributed by atoms with Gasteiger partial charge in [0.15, 0.2) is 9.84 Å². The minimum Gasteiger partial charge on any atom is -0.465 e. The van der Waals surface area contributed by atoms with E-state index in [1.165, 1.54) is 38.0 Å². The lowest BCUT2D eigenvalue weighted by Crippen LogP contribution is -2.49. The third kappa shape index (κ3) is 3.35. The Kier molecular flexibility index (Phi) is 5.38. The molecule has 1 aliphatic rings. The SMILES string of the molecule is COC(=O)c1ccc2c(c1)CCN2C(=O)C(C)(C)S(=O)(=O)c1ccc(Br)cc1. The van der Waals surface area contributed by atoms with Crippen molar-refractivity contribution in [1.29, 1.82) is 0 Å². The highest BCUT2D eigenvalue weighted by atomic mass is 79.9. The summed E-state index contributed by atoms with van der Waals surface area (Å²) in [4.78, 5) is 26.5. The van der Waals surface area contributed by atoms with Crippen LogP contribution in [0.5, 0.6) is 0 Å². The van der Waals surface area contributed by atoms with Crippen molar-refractivity contribution in [2.24, 2.45) is 0 Å². The fourth-order valence-electron chi connectivity index (χ4n) is 3.21. The molecular formula is C20H20BrNO5S. The molecule has 0 bridgehead atoms. The standard InChI is InChI=1S/C20H20BrNO5S/c1-20(2,28(25,26)16-7-5-15(21)6-8-16)19(24)22-11-10-13-12-14(18(23)27-3)4-9-17(13)22/h4-9,12H,10-11H2,1-3H3. The largest absolute Gasteiger partial charge is 0.465 e. The van der Waals surface area contributed by atoms with Gasteiger partial charge < -0.3 is 9.64 Å². The van der Waals surface area contributed by atoms with Crippen LogP contribution in [0.2, 0.25) is 0 Å². The Hall–Kier alpha value is -2.19. The number of ether oxygens (including phenoxy) is 1. The normalized spacial score (nSPS) is 13.9. The summed E-state index contributed by atoms with van der Waals surface area (Å²) in [5.74, 6) is -0.953. The second-order valence-electron chi connectivity index (χ2n) is 7.01. The summed E-state index contributed by atoms with van der Waals surface area (Å²) in [5.41, 5.74) is 1.84. The molecule has 148 valence electrons. The summed E-state index contributed by atoms with van der Waals surface area (Å²) in [5, 5.41) is 0. The zero-order chi connectivity index (χ0) is 20.7. The third-order valence-electron chi connectivity index (χ3n) is 4.95. The van der Waals surface area contributed by atoms with E-state index in [0.717, 1.165) is 10.0 Å². The predicted molar refractivity (Wildman–Crippen MR) is 109 cm³/mol. The van der Waals surface area contributed by atoms with E-state index in [2.05, 4.69) is 15.9 Å². The Morgan fingerprint density at radius 3 is 2.36 bits per heavy atom. The molecule has 2 aromatic carbocycles. The lowest BCUT2D eigenvalue weighted by Gasteiger charge is -2.29. The first-order valence-electron chi connectivity index (χ1n) is 8.63. The molecule has 0 unspecified atom stereocenters. The minimum absolute atomic E-state index is 0.0921. The first-order valence-corrected chi connectivity index (χ1v) is 10.9. The van der Waals surface area contributed by atoms with Crippen LogP contribution in [0.15, 0.2) is 51.8 Å². The van der Waals surface area contributed by atoms with E-state index in [4.69, 9.17) is 4.74 Å². The van der Waals surface area contributed by atoms with E-state index in [1.807, 2.05) is 0 Å². The van der Waals surface area contributed by atoms with Crippen molar-refractivity contribution in [1.82, 2.24) is 0 Å². The lowest BCUT2D eigenvalue weighted by atomic mass is 10.1. The maximum Gasteiger partial charge on any atom is 0.337 e. The highest BCUT2D eigenvalue weighted by Crippen LogP contribution is 2.35. The topological polar surface area (TPSA) is 80.8 Å². The number of halogens is 1. The number of anilines is 1. The number of amides is 1. The van der Waals surface area contributed by atoms with E-state index in [0.29, 0.717) is 24.2 Å². The number of sulfone groups is 1. The molecule has 0 atom stereocenters. The smallest absolute Gasteiger partial charge is 0.337 e. The molecule has 1 heterocycles. The fourth-order valence-corrected chi connectivity index (χ4v) is 4.89. The molecule has 0 fully saturated rings. The van der Waals surface area contributed by atoms with Gasteiger partial charge in [0.25, 0.3) is 0 Å². The van der Waals surface area contributed by atoms with Crippen LogP contribution in [0.1, 0.15) is 29.8 Å². The molecule has 0 aromatic heterocycles. The Labute approximate surface area is 172 Å². The van der Waals surface area contributed by atoms with Crippen LogP contribution >= 0.6 is 15.9 Å². The molecule has 0 radical (unpaired) electrons. The number of rotatable bonds is 4. The van der Waals surface area contributed by atoms with Gasteiger partial charge in [0.05, 0.1) is 17.6 Å². The summed E-state index contributed by atoms with van der Waals surface area (Å²) in [6.07, 6.45) is 0.542. The first-order chi connectivity index (χ1) is 13.1. The lowest BCUT2D eigenvalue weighted by molar-refractivity contribution is -0.120. The van der Waals surface area contributed by atoms with Crippen molar-refractivity contribution in [3.8, 4) is 0 Å². The maximum atomic E-state index is 13.2. The number of hydrogen-bond donors (Lipinski definition) is 0. The van der Waals surface area contributed by atoms with Gasteiger partial charge in [0, 0.05) is 16.7 Å². The maximum absolute atomic E-state index is 13.2. The average Bonchev–Trinajstić information content (AvgIpc) is 3.09. The fraction of sp³-hybridized carbons (Fsp3) is 0.300. The van der Waals surface area contributed by atoms with E-state index in [-0.39, 0.29) is 4.90 Å². The van der Waals surface area contributed by atoms with Gasteiger partial charge in [0.1, 0.15) is 4.75 Å². The molecule has 0 saturated carbocycles. The van der Waals surface area contributed by atoms with Gasteiger partial charge in [0.2, 0.25) is 5.91 Å².